The molecule has 1 atom stereocenters. The summed E-state index contributed by atoms with van der Waals surface area (Å²) in [5.74, 6) is 0. The number of nitrogens with one attached hydrogen (secondary N) is 1. The van der Waals surface area contributed by atoms with E-state index in [1.165, 1.54) is 0 Å². The number of pyridine rings is 1. The zero-order chi connectivity index (χ0) is 14.1. The molecule has 4 nitrogen and oxygen atoms in total. The van der Waals surface area contributed by atoms with E-state index in [0.29, 0.717) is 11.6 Å². The van der Waals surface area contributed by atoms with Crippen LogP contribution in [0.25, 0.3) is 0 Å². The van der Waals surface area contributed by atoms with Crippen molar-refractivity contribution in [1.29, 1.82) is 0 Å². The third-order valence-corrected chi connectivity index (χ3v) is 2.80. The quantitative estimate of drug-likeness (QED) is 0.451. The van der Waals surface area contributed by atoms with Gasteiger partial charge in [0.15, 0.2) is 0 Å². The molecule has 0 aromatic carbocycles. The average Bonchev–Trinajstić information content (AvgIpc) is 2.44. The molecule has 1 heterocycles. The van der Waals surface area contributed by atoms with Gasteiger partial charge in [-0.3, -0.25) is 4.98 Å². The number of anilines is 1. The van der Waals surface area contributed by atoms with E-state index in [1.807, 2.05) is 31.0 Å². The van der Waals surface area contributed by atoms with Crippen LogP contribution in [0.5, 0.6) is 0 Å². The summed E-state index contributed by atoms with van der Waals surface area (Å²) >= 11 is 5.87. The maximum absolute atomic E-state index is 5.87. The molecule has 1 N–H and O–H groups in total. The highest BCUT2D eigenvalue weighted by atomic mass is 35.5. The van der Waals surface area contributed by atoms with Crippen LogP contribution in [0.3, 0.4) is 0 Å². The van der Waals surface area contributed by atoms with Gasteiger partial charge in [0.05, 0.1) is 17.3 Å². The first-order chi connectivity index (χ1) is 9.13. The number of halogens is 1. The molecule has 0 aliphatic carbocycles. The molecule has 0 spiro atoms. The largest absolute Gasteiger partial charge is 0.381 e. The van der Waals surface area contributed by atoms with Crippen molar-refractivity contribution in [3.63, 3.8) is 0 Å². The average molecular weight is 282 g/mol. The van der Waals surface area contributed by atoms with Crippen LogP contribution in [0.4, 0.5) is 5.69 Å². The van der Waals surface area contributed by atoms with E-state index in [-0.39, 0.29) is 6.23 Å². The molecule has 1 rings (SSSR count). The molecule has 0 radical (unpaired) electrons. The Morgan fingerprint density at radius 3 is 3.11 bits per heavy atom. The topological polar surface area (TPSA) is 37.4 Å². The van der Waals surface area contributed by atoms with Crippen LogP contribution in [0.2, 0.25) is 0 Å². The third kappa shape index (κ3) is 6.27. The van der Waals surface area contributed by atoms with Crippen LogP contribution >= 0.6 is 11.6 Å². The molecule has 0 amide bonds. The van der Waals surface area contributed by atoms with Gasteiger partial charge in [0.2, 0.25) is 0 Å². The standard InChI is InChI=1S/C14H20ClN3O/c1-4-13(15)11-18(3)12(2)19-9-8-17-14-6-5-7-16-10-14/h4-7,10-12,17H,1,8-9H2,2-3H3/b13-11+. The number of nitrogens with zero attached hydrogens (tertiary/aromatic N) is 2. The fraction of sp³-hybridized carbons (Fsp3) is 0.357. The summed E-state index contributed by atoms with van der Waals surface area (Å²) < 4.78 is 5.68. The normalized spacial score (nSPS) is 12.9. The molecule has 1 aromatic heterocycles. The van der Waals surface area contributed by atoms with Gasteiger partial charge in [-0.25, -0.2) is 0 Å². The fourth-order valence-corrected chi connectivity index (χ4v) is 1.52. The van der Waals surface area contributed by atoms with Crippen molar-refractivity contribution in [2.24, 2.45) is 0 Å². The highest BCUT2D eigenvalue weighted by Gasteiger charge is 2.05. The van der Waals surface area contributed by atoms with Gasteiger partial charge in [-0.1, -0.05) is 18.2 Å². The Labute approximate surface area is 119 Å². The number of hydrogen-bond donors (Lipinski definition) is 1. The summed E-state index contributed by atoms with van der Waals surface area (Å²) in [7, 11) is 1.91. The number of aromatic nitrogens is 1. The first kappa shape index (κ1) is 15.5. The Hall–Kier alpha value is -1.52. The van der Waals surface area contributed by atoms with Crippen LogP contribution in [0.15, 0.2) is 48.4 Å². The highest BCUT2D eigenvalue weighted by Crippen LogP contribution is 2.07. The van der Waals surface area contributed by atoms with Crippen molar-refractivity contribution in [3.8, 4) is 0 Å². The van der Waals surface area contributed by atoms with Crippen LogP contribution in [-0.4, -0.2) is 36.3 Å². The second kappa shape index (κ2) is 8.56. The lowest BCUT2D eigenvalue weighted by Gasteiger charge is -2.23. The lowest BCUT2D eigenvalue weighted by Crippen LogP contribution is -2.28. The van der Waals surface area contributed by atoms with Gasteiger partial charge in [0, 0.05) is 32.2 Å². The molecule has 0 fully saturated rings. The molecule has 104 valence electrons. The van der Waals surface area contributed by atoms with Crippen LogP contribution in [0.1, 0.15) is 6.92 Å². The van der Waals surface area contributed by atoms with Crippen molar-refractivity contribution >= 4 is 17.3 Å². The predicted molar refractivity (Wildman–Crippen MR) is 80.0 cm³/mol. The van der Waals surface area contributed by atoms with E-state index in [9.17, 15) is 0 Å². The second-order valence-corrected chi connectivity index (χ2v) is 4.46. The second-order valence-electron chi connectivity index (χ2n) is 4.02. The van der Waals surface area contributed by atoms with E-state index in [1.54, 1.807) is 24.7 Å². The minimum atomic E-state index is -0.0515. The lowest BCUT2D eigenvalue weighted by molar-refractivity contribution is -0.00758. The Morgan fingerprint density at radius 2 is 2.47 bits per heavy atom. The number of hydrogen-bond acceptors (Lipinski definition) is 4. The molecular formula is C14H20ClN3O. The van der Waals surface area contributed by atoms with Crippen molar-refractivity contribution in [2.45, 2.75) is 13.2 Å². The van der Waals surface area contributed by atoms with E-state index >= 15 is 0 Å². The zero-order valence-corrected chi connectivity index (χ0v) is 12.1. The fourth-order valence-electron chi connectivity index (χ4n) is 1.36. The Bertz CT molecular complexity index is 408. The highest BCUT2D eigenvalue weighted by molar-refractivity contribution is 6.31. The minimum Gasteiger partial charge on any atom is -0.381 e. The van der Waals surface area contributed by atoms with Gasteiger partial charge in [0.25, 0.3) is 0 Å². The van der Waals surface area contributed by atoms with Gasteiger partial charge in [0.1, 0.15) is 6.23 Å². The molecule has 1 unspecified atom stereocenters. The molecule has 0 bridgehead atoms. The smallest absolute Gasteiger partial charge is 0.126 e. The maximum atomic E-state index is 5.87. The van der Waals surface area contributed by atoms with Crippen LogP contribution in [0, 0.1) is 0 Å². The predicted octanol–water partition coefficient (Wildman–Crippen LogP) is 3.05. The Morgan fingerprint density at radius 1 is 1.68 bits per heavy atom. The van der Waals surface area contributed by atoms with Crippen molar-refractivity contribution < 1.29 is 4.74 Å². The summed E-state index contributed by atoms with van der Waals surface area (Å²) in [5.41, 5.74) is 0.988. The molecule has 0 aliphatic heterocycles. The number of ether oxygens (including phenoxy) is 1. The Balaban J connectivity index is 2.23. The van der Waals surface area contributed by atoms with Gasteiger partial charge in [-0.05, 0) is 25.1 Å². The molecule has 5 heteroatoms. The molecule has 0 saturated carbocycles. The summed E-state index contributed by atoms with van der Waals surface area (Å²) in [6, 6.07) is 3.86. The lowest BCUT2D eigenvalue weighted by atomic mass is 10.4. The third-order valence-electron chi connectivity index (χ3n) is 2.55. The minimum absolute atomic E-state index is 0.0515. The monoisotopic (exact) mass is 281 g/mol. The maximum Gasteiger partial charge on any atom is 0.126 e. The summed E-state index contributed by atoms with van der Waals surface area (Å²) in [6.07, 6.45) is 6.85. The molecule has 19 heavy (non-hydrogen) atoms. The SMILES string of the molecule is C=C/C(Cl)=C\N(C)C(C)OCCNc1cccnc1. The van der Waals surface area contributed by atoms with Crippen molar-refractivity contribution in [2.75, 3.05) is 25.5 Å². The summed E-state index contributed by atoms with van der Waals surface area (Å²) in [6.45, 7) is 6.89. The zero-order valence-electron chi connectivity index (χ0n) is 11.3. The first-order valence-electron chi connectivity index (χ1n) is 6.10. The van der Waals surface area contributed by atoms with E-state index in [0.717, 1.165) is 12.2 Å². The van der Waals surface area contributed by atoms with Gasteiger partial charge < -0.3 is 15.0 Å². The molecule has 0 aliphatic rings. The van der Waals surface area contributed by atoms with E-state index < -0.39 is 0 Å². The Kier molecular flexibility index (Phi) is 7.00. The van der Waals surface area contributed by atoms with Gasteiger partial charge in [-0.2, -0.15) is 0 Å². The van der Waals surface area contributed by atoms with Crippen LogP contribution < -0.4 is 5.32 Å². The van der Waals surface area contributed by atoms with Gasteiger partial charge in [-0.15, -0.1) is 0 Å². The first-order valence-corrected chi connectivity index (χ1v) is 6.48. The van der Waals surface area contributed by atoms with Crippen molar-refractivity contribution in [3.05, 3.63) is 48.4 Å². The molecule has 0 saturated heterocycles. The molecule has 1 aromatic rings. The van der Waals surface area contributed by atoms with E-state index in [2.05, 4.69) is 16.9 Å². The van der Waals surface area contributed by atoms with Crippen molar-refractivity contribution in [1.82, 2.24) is 9.88 Å². The van der Waals surface area contributed by atoms with Gasteiger partial charge >= 0.3 is 0 Å². The van der Waals surface area contributed by atoms with E-state index in [4.69, 9.17) is 16.3 Å². The molecular weight excluding hydrogens is 262 g/mol. The van der Waals surface area contributed by atoms with Crippen LogP contribution in [-0.2, 0) is 4.74 Å². The summed E-state index contributed by atoms with van der Waals surface area (Å²) in [5, 5.41) is 3.82. The summed E-state index contributed by atoms with van der Waals surface area (Å²) in [4.78, 5) is 5.92. The number of allylic oxidation sites excluding steroid dienone is 2. The number of rotatable bonds is 8.